The van der Waals surface area contributed by atoms with Gasteiger partial charge in [-0.1, -0.05) is 0 Å². The predicted molar refractivity (Wildman–Crippen MR) is 113 cm³/mol. The van der Waals surface area contributed by atoms with Crippen molar-refractivity contribution in [3.8, 4) is 0 Å². The van der Waals surface area contributed by atoms with Gasteiger partial charge in [0.15, 0.2) is 0 Å². The topological polar surface area (TPSA) is 311 Å². The largest absolute Gasteiger partial charge is 0.481 e. The number of carboxylic acid groups (broad SMARTS) is 3. The number of carbonyl (C=O) groups is 8. The molecule has 0 aliphatic heterocycles. The number of nitrogens with one attached hydrogen (secondary N) is 3. The second-order valence-corrected chi connectivity index (χ2v) is 7.33. The third kappa shape index (κ3) is 13.1. The summed E-state index contributed by atoms with van der Waals surface area (Å²) in [6, 6.07) is -6.56. The van der Waals surface area contributed by atoms with Crippen molar-refractivity contribution in [2.45, 2.75) is 62.7 Å². The molecule has 0 rings (SSSR count). The summed E-state index contributed by atoms with van der Waals surface area (Å²) in [6.45, 7) is 0. The van der Waals surface area contributed by atoms with Crippen LogP contribution in [0.3, 0.4) is 0 Å². The predicted octanol–water partition coefficient (Wildman–Crippen LogP) is -4.67. The second-order valence-electron chi connectivity index (χ2n) is 7.33. The van der Waals surface area contributed by atoms with E-state index in [2.05, 4.69) is 5.32 Å². The number of rotatable bonds is 17. The SMILES string of the molecule is NC(=O)CCC(N)C(=O)NC(CCC(=O)O)C(=O)NC(CC(N)=O)C(=O)NC(CC(=O)O)C(=O)O. The van der Waals surface area contributed by atoms with Gasteiger partial charge < -0.3 is 48.5 Å². The van der Waals surface area contributed by atoms with Crippen LogP contribution in [0.1, 0.15) is 38.5 Å². The van der Waals surface area contributed by atoms with Gasteiger partial charge in [0.25, 0.3) is 0 Å². The Labute approximate surface area is 197 Å². The van der Waals surface area contributed by atoms with Crippen molar-refractivity contribution in [1.82, 2.24) is 16.0 Å². The summed E-state index contributed by atoms with van der Waals surface area (Å²) in [5, 5.41) is 32.8. The highest BCUT2D eigenvalue weighted by atomic mass is 16.4. The van der Waals surface area contributed by atoms with Crippen LogP contribution in [0, 0.1) is 0 Å². The van der Waals surface area contributed by atoms with Gasteiger partial charge in [0.05, 0.1) is 18.9 Å². The fourth-order valence-electron chi connectivity index (χ4n) is 2.57. The lowest BCUT2D eigenvalue weighted by molar-refractivity contribution is -0.147. The molecule has 0 aromatic carbocycles. The normalized spacial score (nSPS) is 13.9. The Morgan fingerprint density at radius 1 is 0.600 bits per heavy atom. The van der Waals surface area contributed by atoms with E-state index >= 15 is 0 Å². The Hall–Kier alpha value is -4.28. The number of carboxylic acids is 3. The maximum absolute atomic E-state index is 12.7. The Bertz CT molecular complexity index is 862. The van der Waals surface area contributed by atoms with E-state index in [4.69, 9.17) is 32.5 Å². The van der Waals surface area contributed by atoms with E-state index < -0.39 is 97.3 Å². The molecule has 0 saturated heterocycles. The molecule has 0 aromatic heterocycles. The molecule has 0 spiro atoms. The zero-order valence-corrected chi connectivity index (χ0v) is 18.4. The van der Waals surface area contributed by atoms with Crippen molar-refractivity contribution in [3.05, 3.63) is 0 Å². The second kappa shape index (κ2) is 14.8. The number of amides is 5. The first-order valence-corrected chi connectivity index (χ1v) is 10.0. The van der Waals surface area contributed by atoms with Crippen LogP contribution in [-0.4, -0.2) is 86.9 Å². The molecule has 0 fully saturated rings. The van der Waals surface area contributed by atoms with Crippen molar-refractivity contribution >= 4 is 47.4 Å². The third-order valence-electron chi connectivity index (χ3n) is 4.35. The van der Waals surface area contributed by atoms with E-state index in [0.717, 1.165) is 0 Å². The summed E-state index contributed by atoms with van der Waals surface area (Å²) >= 11 is 0. The monoisotopic (exact) mass is 504 g/mol. The van der Waals surface area contributed by atoms with Crippen molar-refractivity contribution in [2.75, 3.05) is 0 Å². The van der Waals surface area contributed by atoms with Crippen molar-refractivity contribution in [1.29, 1.82) is 0 Å². The molecule has 0 radical (unpaired) electrons. The zero-order chi connectivity index (χ0) is 27.3. The number of aliphatic carboxylic acids is 3. The molecule has 0 bridgehead atoms. The number of hydrogen-bond donors (Lipinski definition) is 9. The zero-order valence-electron chi connectivity index (χ0n) is 18.4. The van der Waals surface area contributed by atoms with Gasteiger partial charge in [-0.15, -0.1) is 0 Å². The molecule has 35 heavy (non-hydrogen) atoms. The van der Waals surface area contributed by atoms with Gasteiger partial charge in [0.2, 0.25) is 29.5 Å². The molecule has 196 valence electrons. The van der Waals surface area contributed by atoms with E-state index in [-0.39, 0.29) is 12.8 Å². The molecule has 4 atom stereocenters. The van der Waals surface area contributed by atoms with Gasteiger partial charge >= 0.3 is 17.9 Å². The summed E-state index contributed by atoms with van der Waals surface area (Å²) in [4.78, 5) is 92.5. The standard InChI is InChI=1S/C18H28N6O11/c19-7(1-3-11(20)25)15(31)22-8(2-4-13(27)28)16(32)23-9(5-12(21)26)17(33)24-10(18(34)35)6-14(29)30/h7-10H,1-6,19H2,(H2,20,25)(H2,21,26)(H,22,31)(H,23,32)(H,24,33)(H,27,28)(H,29,30)(H,34,35). The lowest BCUT2D eigenvalue weighted by atomic mass is 10.1. The number of primary amides is 2. The number of nitrogens with two attached hydrogens (primary N) is 3. The molecule has 0 saturated carbocycles. The van der Waals surface area contributed by atoms with Crippen molar-refractivity contribution < 1.29 is 53.7 Å². The fourth-order valence-corrected chi connectivity index (χ4v) is 2.57. The van der Waals surface area contributed by atoms with Crippen LogP contribution in [0.2, 0.25) is 0 Å². The molecule has 0 heterocycles. The molecule has 0 aliphatic carbocycles. The van der Waals surface area contributed by atoms with Crippen LogP contribution < -0.4 is 33.2 Å². The van der Waals surface area contributed by atoms with Gasteiger partial charge in [-0.2, -0.15) is 0 Å². The summed E-state index contributed by atoms with van der Waals surface area (Å²) in [5.74, 6) is -9.80. The van der Waals surface area contributed by atoms with Crippen LogP contribution in [0.4, 0.5) is 0 Å². The van der Waals surface area contributed by atoms with E-state index in [1.165, 1.54) is 0 Å². The van der Waals surface area contributed by atoms with Crippen molar-refractivity contribution in [3.63, 3.8) is 0 Å². The van der Waals surface area contributed by atoms with Crippen LogP contribution in [0.5, 0.6) is 0 Å². The summed E-state index contributed by atoms with van der Waals surface area (Å²) in [5.41, 5.74) is 15.6. The Balaban J connectivity index is 5.59. The van der Waals surface area contributed by atoms with Crippen LogP contribution in [0.15, 0.2) is 0 Å². The highest BCUT2D eigenvalue weighted by Crippen LogP contribution is 2.04. The minimum absolute atomic E-state index is 0.179. The van der Waals surface area contributed by atoms with E-state index in [1.54, 1.807) is 0 Å². The lowest BCUT2D eigenvalue weighted by Crippen LogP contribution is -2.58. The summed E-state index contributed by atoms with van der Waals surface area (Å²) in [6.07, 6.45) is -3.37. The van der Waals surface area contributed by atoms with E-state index in [9.17, 15) is 38.4 Å². The molecule has 0 aliphatic rings. The molecule has 5 amide bonds. The lowest BCUT2D eigenvalue weighted by Gasteiger charge is -2.24. The molecule has 12 N–H and O–H groups in total. The molecule has 4 unspecified atom stereocenters. The average molecular weight is 504 g/mol. The van der Waals surface area contributed by atoms with Gasteiger partial charge in [0.1, 0.15) is 18.1 Å². The molecular weight excluding hydrogens is 476 g/mol. The van der Waals surface area contributed by atoms with Crippen LogP contribution >= 0.6 is 0 Å². The molecule has 0 aromatic rings. The first-order chi connectivity index (χ1) is 16.1. The Morgan fingerprint density at radius 3 is 1.57 bits per heavy atom. The highest BCUT2D eigenvalue weighted by molar-refractivity contribution is 5.96. The van der Waals surface area contributed by atoms with Gasteiger partial charge in [0, 0.05) is 12.8 Å². The summed E-state index contributed by atoms with van der Waals surface area (Å²) < 4.78 is 0. The smallest absolute Gasteiger partial charge is 0.326 e. The molecular formula is C18H28N6O11. The quantitative estimate of drug-likeness (QED) is 0.0902. The average Bonchev–Trinajstić information content (AvgIpc) is 2.72. The number of hydrogen-bond acceptors (Lipinski definition) is 9. The van der Waals surface area contributed by atoms with Gasteiger partial charge in [-0.3, -0.25) is 33.6 Å². The number of carbonyl (C=O) groups excluding carboxylic acids is 5. The van der Waals surface area contributed by atoms with Crippen LogP contribution in [0.25, 0.3) is 0 Å². The maximum Gasteiger partial charge on any atom is 0.326 e. The van der Waals surface area contributed by atoms with Crippen molar-refractivity contribution in [2.24, 2.45) is 17.2 Å². The van der Waals surface area contributed by atoms with E-state index in [0.29, 0.717) is 0 Å². The van der Waals surface area contributed by atoms with Gasteiger partial charge in [-0.05, 0) is 12.8 Å². The minimum Gasteiger partial charge on any atom is -0.481 e. The maximum atomic E-state index is 12.7. The first-order valence-electron chi connectivity index (χ1n) is 10.0. The van der Waals surface area contributed by atoms with Crippen LogP contribution in [-0.2, 0) is 38.4 Å². The Morgan fingerprint density at radius 2 is 1.11 bits per heavy atom. The van der Waals surface area contributed by atoms with E-state index in [1.807, 2.05) is 10.6 Å². The summed E-state index contributed by atoms with van der Waals surface area (Å²) in [7, 11) is 0. The highest BCUT2D eigenvalue weighted by Gasteiger charge is 2.32. The molecule has 17 heteroatoms. The first kappa shape index (κ1) is 30.7. The Kier molecular flexibility index (Phi) is 13.0. The van der Waals surface area contributed by atoms with Gasteiger partial charge in [-0.25, -0.2) is 4.79 Å². The third-order valence-corrected chi connectivity index (χ3v) is 4.35. The minimum atomic E-state index is -1.90. The fraction of sp³-hybridized carbons (Fsp3) is 0.556. The molecule has 17 nitrogen and oxygen atoms in total.